The molecule has 1 heterocycles. The van der Waals surface area contributed by atoms with Crippen LogP contribution in [0.5, 0.6) is 5.75 Å². The fraction of sp³-hybridized carbons (Fsp3) is 0.632. The number of amides is 3. The molecular formula is C38H59N3O4. The lowest BCUT2D eigenvalue weighted by atomic mass is 9.85. The van der Waals surface area contributed by atoms with Gasteiger partial charge in [0.15, 0.2) is 0 Å². The molecule has 1 N–H and O–H groups in total. The number of hydrogen-bond acceptors (Lipinski definition) is 5. The SMILES string of the molecule is CCCCCCCCCCCCCCCCCCNC(=O)Oc1ccc(C(=O)N(Cc2ccccn2)C(C)=O)cc1C(C)(C)C. The van der Waals surface area contributed by atoms with E-state index in [1.807, 2.05) is 26.8 Å². The van der Waals surface area contributed by atoms with Gasteiger partial charge in [-0.2, -0.15) is 0 Å². The van der Waals surface area contributed by atoms with Crippen LogP contribution in [0.3, 0.4) is 0 Å². The number of imide groups is 1. The maximum Gasteiger partial charge on any atom is 0.412 e. The Morgan fingerprint density at radius 3 is 1.82 bits per heavy atom. The normalized spacial score (nSPS) is 11.3. The summed E-state index contributed by atoms with van der Waals surface area (Å²) in [5.41, 5.74) is 1.29. The summed E-state index contributed by atoms with van der Waals surface area (Å²) in [5, 5.41) is 2.87. The molecule has 0 unspecified atom stereocenters. The van der Waals surface area contributed by atoms with Gasteiger partial charge < -0.3 is 10.1 Å². The summed E-state index contributed by atoms with van der Waals surface area (Å²) in [6.45, 7) is 10.3. The van der Waals surface area contributed by atoms with E-state index in [1.54, 1.807) is 36.5 Å². The number of aromatic nitrogens is 1. The third-order valence-electron chi connectivity index (χ3n) is 8.21. The number of unbranched alkanes of at least 4 members (excludes halogenated alkanes) is 15. The van der Waals surface area contributed by atoms with Gasteiger partial charge in [-0.3, -0.25) is 19.5 Å². The van der Waals surface area contributed by atoms with Crippen LogP contribution in [0.1, 0.15) is 159 Å². The molecule has 0 aliphatic heterocycles. The molecule has 0 atom stereocenters. The van der Waals surface area contributed by atoms with Crippen molar-refractivity contribution in [3.8, 4) is 5.75 Å². The maximum atomic E-state index is 13.3. The van der Waals surface area contributed by atoms with Crippen LogP contribution in [0.4, 0.5) is 4.79 Å². The molecular weight excluding hydrogens is 562 g/mol. The molecule has 1 aromatic heterocycles. The summed E-state index contributed by atoms with van der Waals surface area (Å²) < 4.78 is 5.69. The highest BCUT2D eigenvalue weighted by molar-refractivity contribution is 6.04. The monoisotopic (exact) mass is 621 g/mol. The van der Waals surface area contributed by atoms with Crippen molar-refractivity contribution in [1.29, 1.82) is 0 Å². The Morgan fingerprint density at radius 2 is 1.33 bits per heavy atom. The lowest BCUT2D eigenvalue weighted by Gasteiger charge is -2.24. The number of benzene rings is 1. The zero-order valence-electron chi connectivity index (χ0n) is 28.8. The third-order valence-corrected chi connectivity index (χ3v) is 8.21. The zero-order valence-corrected chi connectivity index (χ0v) is 28.8. The Balaban J connectivity index is 1.70. The molecule has 0 saturated carbocycles. The van der Waals surface area contributed by atoms with Crippen molar-refractivity contribution in [3.05, 3.63) is 59.4 Å². The van der Waals surface area contributed by atoms with Crippen molar-refractivity contribution in [2.45, 2.75) is 149 Å². The molecule has 2 rings (SSSR count). The van der Waals surface area contributed by atoms with E-state index in [-0.39, 0.29) is 12.5 Å². The van der Waals surface area contributed by atoms with Crippen LogP contribution in [0, 0.1) is 0 Å². The highest BCUT2D eigenvalue weighted by atomic mass is 16.6. The number of nitrogens with one attached hydrogen (secondary N) is 1. The number of ether oxygens (including phenoxy) is 1. The molecule has 3 amide bonds. The predicted octanol–water partition coefficient (Wildman–Crippen LogP) is 9.92. The minimum absolute atomic E-state index is 0.0832. The van der Waals surface area contributed by atoms with E-state index in [9.17, 15) is 14.4 Å². The number of carbonyl (C=O) groups excluding carboxylic acids is 3. The zero-order chi connectivity index (χ0) is 32.9. The van der Waals surface area contributed by atoms with Crippen molar-refractivity contribution in [2.24, 2.45) is 0 Å². The average molecular weight is 622 g/mol. The Morgan fingerprint density at radius 1 is 0.778 bits per heavy atom. The molecule has 0 aliphatic rings. The van der Waals surface area contributed by atoms with Gasteiger partial charge in [-0.1, -0.05) is 130 Å². The average Bonchev–Trinajstić information content (AvgIpc) is 3.01. The van der Waals surface area contributed by atoms with Crippen molar-refractivity contribution < 1.29 is 19.1 Å². The molecule has 2 aromatic rings. The van der Waals surface area contributed by atoms with Crippen LogP contribution in [0.25, 0.3) is 0 Å². The summed E-state index contributed by atoms with van der Waals surface area (Å²) in [7, 11) is 0. The van der Waals surface area contributed by atoms with Crippen LogP contribution in [-0.2, 0) is 16.8 Å². The molecule has 45 heavy (non-hydrogen) atoms. The standard InChI is InChI=1S/C38H59N3O4/c1-6-7-8-9-10-11-12-13-14-15-16-17-18-19-20-22-28-40-37(44)45-35-26-25-32(29-34(35)38(3,4)5)36(43)41(31(2)42)30-33-24-21-23-27-39-33/h21,23-27,29H,6-20,22,28,30H2,1-5H3,(H,40,44). The molecule has 0 fully saturated rings. The van der Waals surface area contributed by atoms with Gasteiger partial charge in [0, 0.05) is 30.8 Å². The smallest absolute Gasteiger partial charge is 0.410 e. The third kappa shape index (κ3) is 15.6. The van der Waals surface area contributed by atoms with E-state index in [4.69, 9.17) is 4.74 Å². The van der Waals surface area contributed by atoms with E-state index in [1.165, 1.54) is 102 Å². The van der Waals surface area contributed by atoms with Gasteiger partial charge in [-0.05, 0) is 42.2 Å². The molecule has 7 nitrogen and oxygen atoms in total. The minimum Gasteiger partial charge on any atom is -0.410 e. The molecule has 0 saturated heterocycles. The Bertz CT molecular complexity index is 1140. The highest BCUT2D eigenvalue weighted by Gasteiger charge is 2.26. The fourth-order valence-corrected chi connectivity index (χ4v) is 5.47. The highest BCUT2D eigenvalue weighted by Crippen LogP contribution is 2.33. The van der Waals surface area contributed by atoms with E-state index in [0.29, 0.717) is 29.1 Å². The van der Waals surface area contributed by atoms with Crippen molar-refractivity contribution in [1.82, 2.24) is 15.2 Å². The van der Waals surface area contributed by atoms with Gasteiger partial charge in [-0.25, -0.2) is 4.79 Å². The number of nitrogens with zero attached hydrogens (tertiary/aromatic N) is 2. The lowest BCUT2D eigenvalue weighted by molar-refractivity contribution is -0.126. The van der Waals surface area contributed by atoms with Crippen molar-refractivity contribution in [3.63, 3.8) is 0 Å². The van der Waals surface area contributed by atoms with E-state index in [0.717, 1.165) is 12.8 Å². The molecule has 1 aromatic carbocycles. The summed E-state index contributed by atoms with van der Waals surface area (Å²) in [5.74, 6) is -0.377. The van der Waals surface area contributed by atoms with Gasteiger partial charge in [0.2, 0.25) is 5.91 Å². The van der Waals surface area contributed by atoms with E-state index >= 15 is 0 Å². The first-order chi connectivity index (χ1) is 21.6. The Hall–Kier alpha value is -3.22. The quantitative estimate of drug-likeness (QED) is 0.140. The second-order valence-corrected chi connectivity index (χ2v) is 13.3. The number of hydrogen-bond donors (Lipinski definition) is 1. The van der Waals surface area contributed by atoms with Gasteiger partial charge in [0.25, 0.3) is 5.91 Å². The first-order valence-electron chi connectivity index (χ1n) is 17.5. The fourth-order valence-electron chi connectivity index (χ4n) is 5.47. The van der Waals surface area contributed by atoms with Crippen LogP contribution in [-0.4, -0.2) is 34.3 Å². The summed E-state index contributed by atoms with van der Waals surface area (Å²) >= 11 is 0. The molecule has 0 radical (unpaired) electrons. The van der Waals surface area contributed by atoms with Crippen LogP contribution < -0.4 is 10.1 Å². The van der Waals surface area contributed by atoms with Crippen LogP contribution >= 0.6 is 0 Å². The Labute approximate surface area is 272 Å². The molecule has 0 spiro atoms. The second kappa shape index (κ2) is 21.5. The first kappa shape index (κ1) is 38.0. The number of pyridine rings is 1. The maximum absolute atomic E-state index is 13.3. The minimum atomic E-state index is -0.499. The van der Waals surface area contributed by atoms with Crippen molar-refractivity contribution >= 4 is 17.9 Å². The largest absolute Gasteiger partial charge is 0.412 e. The number of rotatable bonds is 21. The topological polar surface area (TPSA) is 88.6 Å². The summed E-state index contributed by atoms with van der Waals surface area (Å²) in [4.78, 5) is 43.7. The first-order valence-corrected chi connectivity index (χ1v) is 17.5. The summed E-state index contributed by atoms with van der Waals surface area (Å²) in [6.07, 6.45) is 22.1. The van der Waals surface area contributed by atoms with E-state index in [2.05, 4.69) is 17.2 Å². The molecule has 0 aliphatic carbocycles. The van der Waals surface area contributed by atoms with Gasteiger partial charge >= 0.3 is 6.09 Å². The second-order valence-electron chi connectivity index (χ2n) is 13.3. The predicted molar refractivity (Wildman–Crippen MR) is 184 cm³/mol. The van der Waals surface area contributed by atoms with Gasteiger partial charge in [0.1, 0.15) is 5.75 Å². The number of carbonyl (C=O) groups is 3. The van der Waals surface area contributed by atoms with Gasteiger partial charge in [0.05, 0.1) is 12.2 Å². The van der Waals surface area contributed by atoms with Crippen LogP contribution in [0.15, 0.2) is 42.6 Å². The van der Waals surface area contributed by atoms with Crippen molar-refractivity contribution in [2.75, 3.05) is 6.54 Å². The lowest BCUT2D eigenvalue weighted by Crippen LogP contribution is -2.35. The molecule has 250 valence electrons. The van der Waals surface area contributed by atoms with Crippen LogP contribution in [0.2, 0.25) is 0 Å². The van der Waals surface area contributed by atoms with Gasteiger partial charge in [-0.15, -0.1) is 0 Å². The summed E-state index contributed by atoms with van der Waals surface area (Å²) in [6, 6.07) is 10.3. The molecule has 0 bridgehead atoms. The molecule has 7 heteroatoms. The van der Waals surface area contributed by atoms with E-state index < -0.39 is 17.4 Å². The Kier molecular flexibility index (Phi) is 18.1.